The molecular formula is C8H9N3O3S. The minimum Gasteiger partial charge on any atom is -0.211 e. The Labute approximate surface area is 90.6 Å². The van der Waals surface area contributed by atoms with Gasteiger partial charge in [-0.1, -0.05) is 0 Å². The molecule has 0 saturated heterocycles. The van der Waals surface area contributed by atoms with Crippen molar-refractivity contribution in [3.05, 3.63) is 0 Å². The zero-order valence-electron chi connectivity index (χ0n) is 8.04. The van der Waals surface area contributed by atoms with E-state index in [0.29, 0.717) is 5.75 Å². The lowest BCUT2D eigenvalue weighted by Gasteiger charge is -2.11. The molecule has 6 nitrogen and oxygen atoms in total. The van der Waals surface area contributed by atoms with Crippen LogP contribution in [0.25, 0.3) is 0 Å². The lowest BCUT2D eigenvalue weighted by Crippen LogP contribution is -2.16. The maximum atomic E-state index is 10.1. The molecule has 0 aliphatic heterocycles. The van der Waals surface area contributed by atoms with Crippen LogP contribution in [0.1, 0.15) is 6.92 Å². The number of nitrogens with zero attached hydrogens (tertiary/aromatic N) is 3. The molecule has 0 rings (SSSR count). The van der Waals surface area contributed by atoms with E-state index in [1.807, 2.05) is 0 Å². The van der Waals surface area contributed by atoms with E-state index in [2.05, 4.69) is 15.0 Å². The summed E-state index contributed by atoms with van der Waals surface area (Å²) in [6, 6.07) is -0.450. The molecule has 0 aliphatic carbocycles. The highest BCUT2D eigenvalue weighted by atomic mass is 32.2. The van der Waals surface area contributed by atoms with Gasteiger partial charge in [0.25, 0.3) is 0 Å². The fraction of sp³-hybridized carbons (Fsp3) is 0.625. The Kier molecular flexibility index (Phi) is 8.15. The third kappa shape index (κ3) is 6.55. The minimum absolute atomic E-state index is 0.288. The van der Waals surface area contributed by atoms with Gasteiger partial charge < -0.3 is 0 Å². The maximum absolute atomic E-state index is 10.1. The number of hydrogen-bond donors (Lipinski definition) is 0. The Morgan fingerprint density at radius 2 is 1.80 bits per heavy atom. The Hall–Kier alpha value is -1.51. The van der Waals surface area contributed by atoms with Gasteiger partial charge in [0.2, 0.25) is 18.2 Å². The molecule has 0 aromatic carbocycles. The highest BCUT2D eigenvalue weighted by molar-refractivity contribution is 7.99. The molecule has 15 heavy (non-hydrogen) atoms. The van der Waals surface area contributed by atoms with Crippen LogP contribution in [0.5, 0.6) is 0 Å². The van der Waals surface area contributed by atoms with Gasteiger partial charge in [-0.3, -0.25) is 0 Å². The highest BCUT2D eigenvalue weighted by Gasteiger charge is 2.15. The van der Waals surface area contributed by atoms with Gasteiger partial charge in [0.05, 0.1) is 12.6 Å². The predicted molar refractivity (Wildman–Crippen MR) is 54.9 cm³/mol. The van der Waals surface area contributed by atoms with Crippen molar-refractivity contribution in [1.82, 2.24) is 0 Å². The van der Waals surface area contributed by atoms with Gasteiger partial charge in [0, 0.05) is 5.75 Å². The van der Waals surface area contributed by atoms with Crippen LogP contribution in [0, 0.1) is 0 Å². The highest BCUT2D eigenvalue weighted by Crippen LogP contribution is 2.17. The zero-order valence-corrected chi connectivity index (χ0v) is 8.86. The molecular weight excluding hydrogens is 218 g/mol. The van der Waals surface area contributed by atoms with Gasteiger partial charge in [0.1, 0.15) is 5.37 Å². The summed E-state index contributed by atoms with van der Waals surface area (Å²) >= 11 is 1.26. The summed E-state index contributed by atoms with van der Waals surface area (Å²) in [4.78, 5) is 40.1. The van der Waals surface area contributed by atoms with Crippen LogP contribution in [-0.2, 0) is 14.4 Å². The van der Waals surface area contributed by atoms with Crippen LogP contribution in [0.4, 0.5) is 0 Å². The van der Waals surface area contributed by atoms with Gasteiger partial charge in [-0.25, -0.2) is 19.4 Å². The average Bonchev–Trinajstić information content (AvgIpc) is 2.23. The molecule has 0 amide bonds. The average molecular weight is 227 g/mol. The second kappa shape index (κ2) is 9.06. The van der Waals surface area contributed by atoms with E-state index in [9.17, 15) is 14.4 Å². The van der Waals surface area contributed by atoms with E-state index in [1.54, 1.807) is 6.92 Å². The van der Waals surface area contributed by atoms with Crippen LogP contribution < -0.4 is 0 Å². The van der Waals surface area contributed by atoms with E-state index in [1.165, 1.54) is 30.0 Å². The van der Waals surface area contributed by atoms with Crippen LogP contribution in [-0.4, -0.2) is 42.0 Å². The van der Waals surface area contributed by atoms with Crippen LogP contribution >= 0.6 is 11.8 Å². The van der Waals surface area contributed by atoms with Gasteiger partial charge in [-0.05, 0) is 6.92 Å². The smallest absolute Gasteiger partial charge is 0.211 e. The molecule has 0 radical (unpaired) electrons. The lowest BCUT2D eigenvalue weighted by molar-refractivity contribution is 0.551. The van der Waals surface area contributed by atoms with Gasteiger partial charge in [-0.15, -0.1) is 11.8 Å². The molecule has 0 aromatic heterocycles. The molecule has 0 fully saturated rings. The first kappa shape index (κ1) is 13.5. The molecule has 0 spiro atoms. The number of carbonyl (C=O) groups excluding carboxylic acids is 3. The van der Waals surface area contributed by atoms with Crippen LogP contribution in [0.15, 0.2) is 15.0 Å². The molecule has 0 aromatic rings. The Bertz CT molecular complexity index is 328. The van der Waals surface area contributed by atoms with E-state index in [0.717, 1.165) is 0 Å². The van der Waals surface area contributed by atoms with E-state index in [-0.39, 0.29) is 6.54 Å². The first-order valence-corrected chi connectivity index (χ1v) is 5.10. The third-order valence-electron chi connectivity index (χ3n) is 1.41. The summed E-state index contributed by atoms with van der Waals surface area (Å²) in [5.41, 5.74) is 0. The minimum atomic E-state index is -0.495. The van der Waals surface area contributed by atoms with Gasteiger partial charge in [0.15, 0.2) is 0 Å². The number of rotatable bonds is 7. The topological polar surface area (TPSA) is 88.3 Å². The fourth-order valence-electron chi connectivity index (χ4n) is 0.748. The predicted octanol–water partition coefficient (Wildman–Crippen LogP) is 0.442. The summed E-state index contributed by atoms with van der Waals surface area (Å²) in [6.45, 7) is 1.92. The molecule has 2 unspecified atom stereocenters. The summed E-state index contributed by atoms with van der Waals surface area (Å²) in [5, 5.41) is -0.495. The molecule has 0 aliphatic rings. The van der Waals surface area contributed by atoms with Crippen molar-refractivity contribution in [2.75, 3.05) is 12.3 Å². The number of isocyanates is 3. The molecule has 2 atom stereocenters. The first-order chi connectivity index (χ1) is 7.26. The third-order valence-corrected chi connectivity index (χ3v) is 2.66. The van der Waals surface area contributed by atoms with Crippen molar-refractivity contribution in [3.63, 3.8) is 0 Å². The summed E-state index contributed by atoms with van der Waals surface area (Å²) < 4.78 is 0. The SMILES string of the molecule is CC(N=C=O)C(N=C=O)SCCN=C=O. The first-order valence-electron chi connectivity index (χ1n) is 4.05. The summed E-state index contributed by atoms with van der Waals surface area (Å²) in [7, 11) is 0. The Morgan fingerprint density at radius 1 is 1.13 bits per heavy atom. The molecule has 80 valence electrons. The van der Waals surface area contributed by atoms with Gasteiger partial charge >= 0.3 is 0 Å². The summed E-state index contributed by atoms with van der Waals surface area (Å²) in [5.74, 6) is 0.490. The monoisotopic (exact) mass is 227 g/mol. The van der Waals surface area contributed by atoms with E-state index in [4.69, 9.17) is 0 Å². The largest absolute Gasteiger partial charge is 0.236 e. The molecule has 0 N–H and O–H groups in total. The molecule has 0 saturated carbocycles. The van der Waals surface area contributed by atoms with Crippen LogP contribution in [0.2, 0.25) is 0 Å². The van der Waals surface area contributed by atoms with Crippen molar-refractivity contribution < 1.29 is 14.4 Å². The van der Waals surface area contributed by atoms with Gasteiger partial charge in [-0.2, -0.15) is 9.98 Å². The Morgan fingerprint density at radius 3 is 2.33 bits per heavy atom. The van der Waals surface area contributed by atoms with Crippen molar-refractivity contribution in [2.24, 2.45) is 15.0 Å². The molecule has 0 heterocycles. The second-order valence-electron chi connectivity index (χ2n) is 2.42. The standard InChI is InChI=1S/C8H9N3O3S/c1-7(10-5-13)8(11-6-14)15-3-2-9-4-12/h7-8H,2-3H2,1H3. The maximum Gasteiger partial charge on any atom is 0.236 e. The molecule has 0 bridgehead atoms. The number of hydrogen-bond acceptors (Lipinski definition) is 7. The van der Waals surface area contributed by atoms with Crippen molar-refractivity contribution in [2.45, 2.75) is 18.3 Å². The fourth-order valence-corrected chi connectivity index (χ4v) is 1.64. The van der Waals surface area contributed by atoms with Crippen LogP contribution in [0.3, 0.4) is 0 Å². The Balaban J connectivity index is 4.20. The lowest BCUT2D eigenvalue weighted by atomic mass is 10.3. The normalized spacial score (nSPS) is 12.6. The zero-order chi connectivity index (χ0) is 11.5. The quantitative estimate of drug-likeness (QED) is 0.358. The van der Waals surface area contributed by atoms with Crippen molar-refractivity contribution in [3.8, 4) is 0 Å². The molecule has 7 heteroatoms. The van der Waals surface area contributed by atoms with Crippen molar-refractivity contribution in [1.29, 1.82) is 0 Å². The second-order valence-corrected chi connectivity index (χ2v) is 3.64. The van der Waals surface area contributed by atoms with E-state index >= 15 is 0 Å². The number of aliphatic imine (C=N–C) groups is 3. The number of thioether (sulfide) groups is 1. The van der Waals surface area contributed by atoms with E-state index < -0.39 is 11.4 Å². The van der Waals surface area contributed by atoms with Crippen molar-refractivity contribution >= 4 is 30.0 Å². The summed E-state index contributed by atoms with van der Waals surface area (Å²) in [6.07, 6.45) is 4.19.